The van der Waals surface area contributed by atoms with E-state index in [9.17, 15) is 9.59 Å². The van der Waals surface area contributed by atoms with Crippen LogP contribution in [0.2, 0.25) is 0 Å². The monoisotopic (exact) mass is 372 g/mol. The Labute approximate surface area is 162 Å². The van der Waals surface area contributed by atoms with Gasteiger partial charge in [0.2, 0.25) is 0 Å². The van der Waals surface area contributed by atoms with Crippen LogP contribution in [0.5, 0.6) is 0 Å². The maximum atomic E-state index is 12.4. The molecule has 0 aliphatic carbocycles. The van der Waals surface area contributed by atoms with E-state index in [1.807, 2.05) is 6.92 Å². The maximum Gasteiger partial charge on any atom is 0.325 e. The highest BCUT2D eigenvalue weighted by Crippen LogP contribution is 2.17. The van der Waals surface area contributed by atoms with Crippen LogP contribution in [0.3, 0.4) is 0 Å². The Kier molecular flexibility index (Phi) is 6.50. The number of nitrogens with one attached hydrogen (secondary N) is 1. The van der Waals surface area contributed by atoms with Gasteiger partial charge < -0.3 is 5.32 Å². The van der Waals surface area contributed by atoms with Crippen molar-refractivity contribution in [3.05, 3.63) is 35.4 Å². The van der Waals surface area contributed by atoms with Gasteiger partial charge in [0.25, 0.3) is 5.91 Å². The number of amides is 3. The SMILES string of the molecule is CCC[C@H]1NC(=O)N(CN2CCN(Cc3ccc(C(C)C)cc3)CC2)C1=O. The largest absolute Gasteiger partial charge is 0.326 e. The van der Waals surface area contributed by atoms with Crippen LogP contribution in [0.4, 0.5) is 4.79 Å². The fourth-order valence-electron chi connectivity index (χ4n) is 3.75. The van der Waals surface area contributed by atoms with Gasteiger partial charge >= 0.3 is 6.03 Å². The van der Waals surface area contributed by atoms with Crippen molar-refractivity contribution in [2.24, 2.45) is 0 Å². The van der Waals surface area contributed by atoms with E-state index < -0.39 is 0 Å². The van der Waals surface area contributed by atoms with Crippen molar-refractivity contribution in [3.8, 4) is 0 Å². The molecule has 0 saturated carbocycles. The molecule has 1 N–H and O–H groups in total. The van der Waals surface area contributed by atoms with Crippen molar-refractivity contribution in [3.63, 3.8) is 0 Å². The summed E-state index contributed by atoms with van der Waals surface area (Å²) >= 11 is 0. The fraction of sp³-hybridized carbons (Fsp3) is 0.619. The van der Waals surface area contributed by atoms with Crippen molar-refractivity contribution in [2.75, 3.05) is 32.8 Å². The number of carbonyl (C=O) groups is 2. The van der Waals surface area contributed by atoms with E-state index in [0.717, 1.165) is 39.1 Å². The van der Waals surface area contributed by atoms with Gasteiger partial charge in [-0.05, 0) is 23.5 Å². The normalized spacial score (nSPS) is 21.9. The number of rotatable bonds is 7. The minimum atomic E-state index is -0.336. The first-order valence-electron chi connectivity index (χ1n) is 10.1. The molecule has 0 unspecified atom stereocenters. The summed E-state index contributed by atoms with van der Waals surface area (Å²) in [6, 6.07) is 8.32. The van der Waals surface area contributed by atoms with Crippen molar-refractivity contribution in [2.45, 2.75) is 52.1 Å². The summed E-state index contributed by atoms with van der Waals surface area (Å²) in [6.45, 7) is 11.5. The molecular weight excluding hydrogens is 340 g/mol. The molecule has 0 radical (unpaired) electrons. The minimum absolute atomic E-state index is 0.0745. The molecule has 148 valence electrons. The lowest BCUT2D eigenvalue weighted by Crippen LogP contribution is -2.51. The lowest BCUT2D eigenvalue weighted by atomic mass is 10.0. The zero-order valence-corrected chi connectivity index (χ0v) is 16.8. The molecule has 2 aliphatic heterocycles. The average Bonchev–Trinajstić information content (AvgIpc) is 2.91. The fourth-order valence-corrected chi connectivity index (χ4v) is 3.75. The van der Waals surface area contributed by atoms with Gasteiger partial charge in [0.1, 0.15) is 6.04 Å². The molecule has 3 rings (SSSR count). The zero-order chi connectivity index (χ0) is 19.4. The first-order chi connectivity index (χ1) is 13.0. The van der Waals surface area contributed by atoms with Gasteiger partial charge in [-0.2, -0.15) is 0 Å². The number of benzene rings is 1. The number of hydrogen-bond donors (Lipinski definition) is 1. The predicted molar refractivity (Wildman–Crippen MR) is 106 cm³/mol. The number of imide groups is 1. The Balaban J connectivity index is 1.46. The van der Waals surface area contributed by atoms with Crippen molar-refractivity contribution in [1.82, 2.24) is 20.0 Å². The predicted octanol–water partition coefficient (Wildman–Crippen LogP) is 2.61. The van der Waals surface area contributed by atoms with E-state index in [0.29, 0.717) is 19.0 Å². The number of nitrogens with zero attached hydrogens (tertiary/aromatic N) is 3. The van der Waals surface area contributed by atoms with E-state index >= 15 is 0 Å². The molecule has 2 heterocycles. The van der Waals surface area contributed by atoms with Gasteiger partial charge in [-0.1, -0.05) is 51.5 Å². The first kappa shape index (κ1) is 19.8. The van der Waals surface area contributed by atoms with Crippen LogP contribution in [0.25, 0.3) is 0 Å². The molecule has 2 saturated heterocycles. The van der Waals surface area contributed by atoms with E-state index in [1.165, 1.54) is 16.0 Å². The average molecular weight is 373 g/mol. The third-order valence-electron chi connectivity index (χ3n) is 5.54. The molecule has 6 nitrogen and oxygen atoms in total. The van der Waals surface area contributed by atoms with Crippen LogP contribution in [-0.2, 0) is 11.3 Å². The van der Waals surface area contributed by atoms with E-state index in [2.05, 4.69) is 53.2 Å². The standard InChI is InChI=1S/C21H32N4O2/c1-4-5-19-20(26)25(21(27)22-19)15-24-12-10-23(11-13-24)14-17-6-8-18(9-7-17)16(2)3/h6-9,16,19H,4-5,10-15H2,1-3H3,(H,22,27)/t19-/m1/s1. The molecule has 0 aromatic heterocycles. The van der Waals surface area contributed by atoms with E-state index in [4.69, 9.17) is 0 Å². The second kappa shape index (κ2) is 8.85. The number of piperazine rings is 1. The van der Waals surface area contributed by atoms with Crippen molar-refractivity contribution >= 4 is 11.9 Å². The maximum absolute atomic E-state index is 12.4. The smallest absolute Gasteiger partial charge is 0.325 e. The summed E-state index contributed by atoms with van der Waals surface area (Å²) < 4.78 is 0. The van der Waals surface area contributed by atoms with Crippen molar-refractivity contribution < 1.29 is 9.59 Å². The highest BCUT2D eigenvalue weighted by Gasteiger charge is 2.38. The van der Waals surface area contributed by atoms with Gasteiger partial charge in [-0.3, -0.25) is 14.6 Å². The Morgan fingerprint density at radius 2 is 1.67 bits per heavy atom. The second-order valence-corrected chi connectivity index (χ2v) is 7.99. The highest BCUT2D eigenvalue weighted by molar-refractivity contribution is 6.04. The Bertz CT molecular complexity index is 651. The van der Waals surface area contributed by atoms with Gasteiger partial charge in [0, 0.05) is 32.7 Å². The lowest BCUT2D eigenvalue weighted by molar-refractivity contribution is -0.129. The van der Waals surface area contributed by atoms with Gasteiger partial charge in [-0.15, -0.1) is 0 Å². The van der Waals surface area contributed by atoms with Crippen LogP contribution in [0.15, 0.2) is 24.3 Å². The summed E-state index contributed by atoms with van der Waals surface area (Å²) in [5, 5.41) is 2.80. The molecule has 1 aromatic carbocycles. The Morgan fingerprint density at radius 1 is 1.04 bits per heavy atom. The third-order valence-corrected chi connectivity index (χ3v) is 5.54. The minimum Gasteiger partial charge on any atom is -0.326 e. The molecule has 6 heteroatoms. The number of carbonyl (C=O) groups excluding carboxylic acids is 2. The second-order valence-electron chi connectivity index (χ2n) is 7.99. The summed E-state index contributed by atoms with van der Waals surface area (Å²) in [5.41, 5.74) is 2.71. The van der Waals surface area contributed by atoms with E-state index in [1.54, 1.807) is 0 Å². The van der Waals surface area contributed by atoms with Crippen LogP contribution >= 0.6 is 0 Å². The molecule has 3 amide bonds. The van der Waals surface area contributed by atoms with Gasteiger partial charge in [-0.25, -0.2) is 9.69 Å². The number of hydrogen-bond acceptors (Lipinski definition) is 4. The lowest BCUT2D eigenvalue weighted by Gasteiger charge is -2.36. The summed E-state index contributed by atoms with van der Waals surface area (Å²) in [6.07, 6.45) is 1.60. The summed E-state index contributed by atoms with van der Waals surface area (Å²) in [5.74, 6) is 0.486. The quantitative estimate of drug-likeness (QED) is 0.748. The van der Waals surface area contributed by atoms with E-state index in [-0.39, 0.29) is 18.0 Å². The molecule has 2 aliphatic rings. The zero-order valence-electron chi connectivity index (χ0n) is 16.8. The molecule has 27 heavy (non-hydrogen) atoms. The summed E-state index contributed by atoms with van der Waals surface area (Å²) in [7, 11) is 0. The van der Waals surface area contributed by atoms with Gasteiger partial charge in [0.15, 0.2) is 0 Å². The highest BCUT2D eigenvalue weighted by atomic mass is 16.2. The van der Waals surface area contributed by atoms with Crippen LogP contribution < -0.4 is 5.32 Å². The molecule has 1 aromatic rings. The number of urea groups is 1. The Hall–Kier alpha value is -1.92. The molecule has 0 spiro atoms. The molecular formula is C21H32N4O2. The van der Waals surface area contributed by atoms with Gasteiger partial charge in [0.05, 0.1) is 6.67 Å². The van der Waals surface area contributed by atoms with Crippen LogP contribution in [-0.4, -0.2) is 65.5 Å². The summed E-state index contributed by atoms with van der Waals surface area (Å²) in [4.78, 5) is 30.5. The third kappa shape index (κ3) is 4.87. The van der Waals surface area contributed by atoms with Crippen LogP contribution in [0.1, 0.15) is 50.7 Å². The van der Waals surface area contributed by atoms with Crippen LogP contribution in [0, 0.1) is 0 Å². The topological polar surface area (TPSA) is 55.9 Å². The first-order valence-corrected chi connectivity index (χ1v) is 10.1. The molecule has 2 fully saturated rings. The Morgan fingerprint density at radius 3 is 2.26 bits per heavy atom. The molecule has 1 atom stereocenters. The molecule has 0 bridgehead atoms. The van der Waals surface area contributed by atoms with Crippen molar-refractivity contribution in [1.29, 1.82) is 0 Å².